The second-order valence-electron chi connectivity index (χ2n) is 5.11. The number of hydrogen-bond donors (Lipinski definition) is 0. The summed E-state index contributed by atoms with van der Waals surface area (Å²) in [4.78, 5) is 0. The highest BCUT2D eigenvalue weighted by atomic mass is 16.3. The molecule has 2 heteroatoms. The van der Waals surface area contributed by atoms with Gasteiger partial charge in [0.05, 0.1) is 12.5 Å². The predicted molar refractivity (Wildman–Crippen MR) is 84.1 cm³/mol. The van der Waals surface area contributed by atoms with Gasteiger partial charge in [-0.3, -0.25) is 0 Å². The molecule has 2 heterocycles. The Labute approximate surface area is 122 Å². The monoisotopic (exact) mass is 274 g/mol. The molecular formula is C19H14O2. The van der Waals surface area contributed by atoms with E-state index in [2.05, 4.69) is 37.3 Å². The molecule has 0 atom stereocenters. The van der Waals surface area contributed by atoms with Crippen molar-refractivity contribution in [1.29, 1.82) is 0 Å². The first-order chi connectivity index (χ1) is 10.3. The van der Waals surface area contributed by atoms with E-state index in [1.54, 1.807) is 12.5 Å². The number of rotatable bonds is 2. The van der Waals surface area contributed by atoms with Crippen molar-refractivity contribution in [2.75, 3.05) is 0 Å². The summed E-state index contributed by atoms with van der Waals surface area (Å²) in [5.74, 6) is 1.78. The van der Waals surface area contributed by atoms with Crippen LogP contribution in [0, 0.1) is 6.92 Å². The number of hydrogen-bond acceptors (Lipinski definition) is 2. The van der Waals surface area contributed by atoms with Gasteiger partial charge in [0.2, 0.25) is 0 Å². The van der Waals surface area contributed by atoms with E-state index in [-0.39, 0.29) is 0 Å². The Bertz CT molecular complexity index is 885. The van der Waals surface area contributed by atoms with E-state index in [9.17, 15) is 0 Å². The van der Waals surface area contributed by atoms with Crippen molar-refractivity contribution in [2.45, 2.75) is 6.92 Å². The van der Waals surface area contributed by atoms with Crippen LogP contribution in [0.5, 0.6) is 0 Å². The van der Waals surface area contributed by atoms with E-state index >= 15 is 0 Å². The van der Waals surface area contributed by atoms with Gasteiger partial charge in [0.15, 0.2) is 0 Å². The zero-order valence-corrected chi connectivity index (χ0v) is 11.7. The lowest BCUT2D eigenvalue weighted by Crippen LogP contribution is -1.87. The second-order valence-corrected chi connectivity index (χ2v) is 5.11. The first-order valence-corrected chi connectivity index (χ1v) is 6.95. The van der Waals surface area contributed by atoms with Crippen LogP contribution in [0.2, 0.25) is 0 Å². The molecule has 2 nitrogen and oxygen atoms in total. The summed E-state index contributed by atoms with van der Waals surface area (Å²) in [6, 6.07) is 18.4. The summed E-state index contributed by atoms with van der Waals surface area (Å²) in [7, 11) is 0. The van der Waals surface area contributed by atoms with Crippen LogP contribution < -0.4 is 0 Å². The maximum absolute atomic E-state index is 5.62. The third-order valence-electron chi connectivity index (χ3n) is 3.82. The lowest BCUT2D eigenvalue weighted by Gasteiger charge is -2.10. The summed E-state index contributed by atoms with van der Waals surface area (Å²) in [6.07, 6.45) is 3.42. The Morgan fingerprint density at radius 2 is 1.43 bits per heavy atom. The summed E-state index contributed by atoms with van der Waals surface area (Å²) in [5, 5.41) is 2.35. The van der Waals surface area contributed by atoms with Crippen LogP contribution in [0.25, 0.3) is 33.4 Å². The molecular weight excluding hydrogens is 260 g/mol. The minimum Gasteiger partial charge on any atom is -0.464 e. The maximum atomic E-state index is 5.62. The highest BCUT2D eigenvalue weighted by Gasteiger charge is 2.13. The summed E-state index contributed by atoms with van der Waals surface area (Å²) < 4.78 is 11.2. The third-order valence-corrected chi connectivity index (χ3v) is 3.82. The molecule has 0 bridgehead atoms. The van der Waals surface area contributed by atoms with Crippen molar-refractivity contribution in [3.63, 3.8) is 0 Å². The van der Waals surface area contributed by atoms with E-state index in [4.69, 9.17) is 8.83 Å². The average Bonchev–Trinajstić information content (AvgIpc) is 3.20. The Hall–Kier alpha value is -2.74. The zero-order chi connectivity index (χ0) is 14.2. The average molecular weight is 274 g/mol. The van der Waals surface area contributed by atoms with Gasteiger partial charge in [-0.1, -0.05) is 30.3 Å². The fourth-order valence-electron chi connectivity index (χ4n) is 2.86. The van der Waals surface area contributed by atoms with E-state index in [1.807, 2.05) is 24.3 Å². The van der Waals surface area contributed by atoms with Gasteiger partial charge in [-0.2, -0.15) is 0 Å². The molecule has 0 fully saturated rings. The quantitative estimate of drug-likeness (QED) is 0.471. The molecule has 102 valence electrons. The van der Waals surface area contributed by atoms with Gasteiger partial charge in [-0.15, -0.1) is 0 Å². The smallest absolute Gasteiger partial charge is 0.134 e. The zero-order valence-electron chi connectivity index (χ0n) is 11.7. The molecule has 0 N–H and O–H groups in total. The first kappa shape index (κ1) is 12.0. The minimum atomic E-state index is 0.884. The number of benzene rings is 2. The Morgan fingerprint density at radius 3 is 2.14 bits per heavy atom. The first-order valence-electron chi connectivity index (χ1n) is 6.95. The van der Waals surface area contributed by atoms with Gasteiger partial charge in [0.25, 0.3) is 0 Å². The van der Waals surface area contributed by atoms with Gasteiger partial charge in [-0.05, 0) is 47.5 Å². The molecule has 0 amide bonds. The maximum Gasteiger partial charge on any atom is 0.134 e. The summed E-state index contributed by atoms with van der Waals surface area (Å²) in [5.41, 5.74) is 3.45. The Kier molecular flexibility index (Phi) is 2.68. The molecule has 4 aromatic rings. The van der Waals surface area contributed by atoms with Gasteiger partial charge < -0.3 is 8.83 Å². The van der Waals surface area contributed by atoms with Crippen molar-refractivity contribution < 1.29 is 8.83 Å². The van der Waals surface area contributed by atoms with Crippen molar-refractivity contribution in [3.05, 3.63) is 72.7 Å². The molecule has 0 aliphatic heterocycles. The van der Waals surface area contributed by atoms with E-state index in [1.165, 1.54) is 16.3 Å². The molecule has 0 spiro atoms. The third kappa shape index (κ3) is 1.88. The number of furan rings is 2. The van der Waals surface area contributed by atoms with Crippen LogP contribution in [0.3, 0.4) is 0 Å². The number of aryl methyl sites for hydroxylation is 1. The highest BCUT2D eigenvalue weighted by molar-refractivity contribution is 6.04. The highest BCUT2D eigenvalue weighted by Crippen LogP contribution is 2.36. The van der Waals surface area contributed by atoms with Crippen molar-refractivity contribution in [1.82, 2.24) is 0 Å². The van der Waals surface area contributed by atoms with Crippen molar-refractivity contribution in [2.24, 2.45) is 0 Å². The largest absolute Gasteiger partial charge is 0.464 e. The molecule has 2 aromatic carbocycles. The summed E-state index contributed by atoms with van der Waals surface area (Å²) >= 11 is 0. The van der Waals surface area contributed by atoms with E-state index in [0.29, 0.717) is 0 Å². The van der Waals surface area contributed by atoms with Crippen LogP contribution in [0.4, 0.5) is 0 Å². The molecule has 0 aliphatic rings. The molecule has 2 aromatic heterocycles. The van der Waals surface area contributed by atoms with Gasteiger partial charge in [0.1, 0.15) is 11.5 Å². The van der Waals surface area contributed by atoms with Crippen LogP contribution in [0.1, 0.15) is 5.56 Å². The minimum absolute atomic E-state index is 0.884. The molecule has 0 unspecified atom stereocenters. The molecule has 0 saturated heterocycles. The molecule has 0 saturated carbocycles. The lowest BCUT2D eigenvalue weighted by atomic mass is 9.94. The molecule has 4 rings (SSSR count). The SMILES string of the molecule is Cc1ccc2c(-c3ccco3)cccc2c1-c1ccco1. The van der Waals surface area contributed by atoms with Crippen molar-refractivity contribution >= 4 is 10.8 Å². The second kappa shape index (κ2) is 4.67. The molecule has 0 aliphatic carbocycles. The Balaban J connectivity index is 2.08. The Morgan fingerprint density at radius 1 is 0.667 bits per heavy atom. The predicted octanol–water partition coefficient (Wildman–Crippen LogP) is 5.67. The molecule has 0 radical (unpaired) electrons. The van der Waals surface area contributed by atoms with E-state index < -0.39 is 0 Å². The van der Waals surface area contributed by atoms with Crippen LogP contribution >= 0.6 is 0 Å². The van der Waals surface area contributed by atoms with Crippen LogP contribution in [0.15, 0.2) is 76.0 Å². The fraction of sp³-hybridized carbons (Fsp3) is 0.0526. The normalized spacial score (nSPS) is 11.1. The van der Waals surface area contributed by atoms with Gasteiger partial charge >= 0.3 is 0 Å². The van der Waals surface area contributed by atoms with Crippen LogP contribution in [-0.2, 0) is 0 Å². The fourth-order valence-corrected chi connectivity index (χ4v) is 2.86. The van der Waals surface area contributed by atoms with Gasteiger partial charge in [-0.25, -0.2) is 0 Å². The van der Waals surface area contributed by atoms with Crippen molar-refractivity contribution in [3.8, 4) is 22.6 Å². The van der Waals surface area contributed by atoms with Gasteiger partial charge in [0, 0.05) is 11.1 Å². The lowest BCUT2D eigenvalue weighted by molar-refractivity contribution is 0.582. The van der Waals surface area contributed by atoms with E-state index in [0.717, 1.165) is 22.6 Å². The standard InChI is InChI=1S/C19H14O2/c1-13-9-10-14-15(17-7-3-11-20-17)5-2-6-16(14)19(13)18-8-4-12-21-18/h2-12H,1H3. The van der Waals surface area contributed by atoms with Crippen LogP contribution in [-0.4, -0.2) is 0 Å². The summed E-state index contributed by atoms with van der Waals surface area (Å²) in [6.45, 7) is 2.11. The topological polar surface area (TPSA) is 26.3 Å². The molecule has 21 heavy (non-hydrogen) atoms. The number of fused-ring (bicyclic) bond motifs is 1.